The molecule has 1 heterocycles. The minimum Gasteiger partial charge on any atom is -0.454 e. The summed E-state index contributed by atoms with van der Waals surface area (Å²) in [4.78, 5) is 29.1. The van der Waals surface area contributed by atoms with E-state index in [0.717, 1.165) is 4.90 Å². The summed E-state index contributed by atoms with van der Waals surface area (Å²) in [6.45, 7) is 0.769. The molecule has 0 bridgehead atoms. The summed E-state index contributed by atoms with van der Waals surface area (Å²) in [6, 6.07) is 12.0. The Kier molecular flexibility index (Phi) is 6.89. The van der Waals surface area contributed by atoms with E-state index in [4.69, 9.17) is 27.0 Å². The summed E-state index contributed by atoms with van der Waals surface area (Å²) >= 11 is 7.33. The standard InChI is InChI=1S/C18H14ClN3O3S/c1-11(21)13(9-20)15(23)10-25-18(24)12-5-4-8-22-17(12)26-16-7-3-2-6-14(16)19/h2-8,13,21H,10H2,1H3. The number of halogens is 1. The van der Waals surface area contributed by atoms with E-state index >= 15 is 0 Å². The first-order valence-corrected chi connectivity index (χ1v) is 8.65. The fourth-order valence-electron chi connectivity index (χ4n) is 1.97. The highest BCUT2D eigenvalue weighted by Gasteiger charge is 2.23. The van der Waals surface area contributed by atoms with Crippen LogP contribution in [0.5, 0.6) is 0 Å². The van der Waals surface area contributed by atoms with Gasteiger partial charge in [0.15, 0.2) is 12.4 Å². The lowest BCUT2D eigenvalue weighted by Gasteiger charge is -2.10. The highest BCUT2D eigenvalue weighted by atomic mass is 35.5. The predicted molar refractivity (Wildman–Crippen MR) is 97.6 cm³/mol. The molecule has 0 saturated heterocycles. The van der Waals surface area contributed by atoms with E-state index < -0.39 is 24.3 Å². The van der Waals surface area contributed by atoms with Crippen LogP contribution >= 0.6 is 23.4 Å². The van der Waals surface area contributed by atoms with Crippen LogP contribution in [0.3, 0.4) is 0 Å². The Morgan fingerprint density at radius 3 is 2.73 bits per heavy atom. The van der Waals surface area contributed by atoms with Gasteiger partial charge in [0.2, 0.25) is 0 Å². The molecule has 0 aliphatic rings. The van der Waals surface area contributed by atoms with Crippen molar-refractivity contribution >= 4 is 40.8 Å². The molecule has 0 aliphatic heterocycles. The number of benzene rings is 1. The summed E-state index contributed by atoms with van der Waals surface area (Å²) in [6.07, 6.45) is 1.53. The van der Waals surface area contributed by atoms with Crippen LogP contribution < -0.4 is 0 Å². The molecule has 2 rings (SSSR count). The molecule has 0 fully saturated rings. The Morgan fingerprint density at radius 1 is 1.35 bits per heavy atom. The second-order valence-electron chi connectivity index (χ2n) is 5.18. The molecule has 8 heteroatoms. The summed E-state index contributed by atoms with van der Waals surface area (Å²) < 4.78 is 5.01. The summed E-state index contributed by atoms with van der Waals surface area (Å²) in [5, 5.41) is 17.2. The smallest absolute Gasteiger partial charge is 0.341 e. The van der Waals surface area contributed by atoms with Crippen molar-refractivity contribution in [2.75, 3.05) is 6.61 Å². The Balaban J connectivity index is 2.13. The van der Waals surface area contributed by atoms with Gasteiger partial charge in [0.25, 0.3) is 0 Å². The van der Waals surface area contributed by atoms with Gasteiger partial charge in [-0.25, -0.2) is 9.78 Å². The van der Waals surface area contributed by atoms with Crippen LogP contribution in [0.2, 0.25) is 5.02 Å². The van der Waals surface area contributed by atoms with Crippen molar-refractivity contribution in [2.24, 2.45) is 5.92 Å². The number of Topliss-reactive ketones (excluding diaryl/α,β-unsaturated/α-hetero) is 1. The molecule has 1 aromatic heterocycles. The minimum absolute atomic E-state index is 0.0927. The highest BCUT2D eigenvalue weighted by molar-refractivity contribution is 7.99. The average Bonchev–Trinajstić information content (AvgIpc) is 2.62. The SMILES string of the molecule is CC(=N)C(C#N)C(=O)COC(=O)c1cccnc1Sc1ccccc1Cl. The zero-order valence-corrected chi connectivity index (χ0v) is 15.3. The lowest BCUT2D eigenvalue weighted by molar-refractivity contribution is -0.122. The molecule has 0 spiro atoms. The third-order valence-electron chi connectivity index (χ3n) is 3.26. The van der Waals surface area contributed by atoms with Crippen molar-refractivity contribution in [3.05, 3.63) is 53.2 Å². The number of pyridine rings is 1. The van der Waals surface area contributed by atoms with E-state index in [2.05, 4.69) is 4.98 Å². The average molecular weight is 388 g/mol. The Bertz CT molecular complexity index is 895. The first kappa shape index (κ1) is 19.6. The molecule has 0 saturated carbocycles. The van der Waals surface area contributed by atoms with Gasteiger partial charge >= 0.3 is 5.97 Å². The molecule has 2 aromatic rings. The van der Waals surface area contributed by atoms with Gasteiger partial charge in [-0.3, -0.25) is 4.79 Å². The van der Waals surface area contributed by atoms with Crippen molar-refractivity contribution in [1.82, 2.24) is 4.98 Å². The number of hydrogen-bond donors (Lipinski definition) is 1. The molecule has 26 heavy (non-hydrogen) atoms. The number of ketones is 1. The molecule has 6 nitrogen and oxygen atoms in total. The first-order valence-electron chi connectivity index (χ1n) is 7.46. The number of rotatable bonds is 7. The predicted octanol–water partition coefficient (Wildman–Crippen LogP) is 3.79. The topological polar surface area (TPSA) is 104 Å². The molecule has 1 aromatic carbocycles. The lowest BCUT2D eigenvalue weighted by atomic mass is 10.0. The fraction of sp³-hybridized carbons (Fsp3) is 0.167. The van der Waals surface area contributed by atoms with E-state index in [-0.39, 0.29) is 11.3 Å². The minimum atomic E-state index is -1.21. The highest BCUT2D eigenvalue weighted by Crippen LogP contribution is 2.33. The lowest BCUT2D eigenvalue weighted by Crippen LogP contribution is -2.25. The van der Waals surface area contributed by atoms with Gasteiger partial charge in [0, 0.05) is 16.8 Å². The number of nitrogens with one attached hydrogen (secondary N) is 1. The zero-order valence-electron chi connectivity index (χ0n) is 13.7. The largest absolute Gasteiger partial charge is 0.454 e. The number of carbonyl (C=O) groups excluding carboxylic acids is 2. The second kappa shape index (κ2) is 9.13. The maximum atomic E-state index is 12.3. The van der Waals surface area contributed by atoms with Gasteiger partial charge < -0.3 is 10.1 Å². The van der Waals surface area contributed by atoms with Crippen LogP contribution in [0.25, 0.3) is 0 Å². The maximum Gasteiger partial charge on any atom is 0.341 e. The maximum absolute atomic E-state index is 12.3. The molecular weight excluding hydrogens is 374 g/mol. The van der Waals surface area contributed by atoms with Crippen molar-refractivity contribution in [2.45, 2.75) is 16.8 Å². The zero-order chi connectivity index (χ0) is 19.1. The fourth-order valence-corrected chi connectivity index (χ4v) is 3.11. The molecule has 132 valence electrons. The third-order valence-corrected chi connectivity index (χ3v) is 4.80. The third kappa shape index (κ3) is 4.91. The number of nitriles is 1. The summed E-state index contributed by atoms with van der Waals surface area (Å²) in [5.41, 5.74) is 0.0928. The van der Waals surface area contributed by atoms with Gasteiger partial charge in [-0.15, -0.1) is 0 Å². The molecule has 0 amide bonds. The molecule has 0 aliphatic carbocycles. The molecular formula is C18H14ClN3O3S. The molecule has 0 radical (unpaired) electrons. The van der Waals surface area contributed by atoms with Gasteiger partial charge in [-0.1, -0.05) is 35.5 Å². The van der Waals surface area contributed by atoms with E-state index in [1.807, 2.05) is 6.07 Å². The number of nitrogens with zero attached hydrogens (tertiary/aromatic N) is 2. The number of aromatic nitrogens is 1. The van der Waals surface area contributed by atoms with Crippen LogP contribution in [0, 0.1) is 22.7 Å². The van der Waals surface area contributed by atoms with Crippen molar-refractivity contribution in [1.29, 1.82) is 10.7 Å². The number of esters is 1. The Labute approximate surface area is 159 Å². The Morgan fingerprint density at radius 2 is 2.08 bits per heavy atom. The Hall–Kier alpha value is -2.69. The summed E-state index contributed by atoms with van der Waals surface area (Å²) in [7, 11) is 0. The number of carbonyl (C=O) groups is 2. The monoisotopic (exact) mass is 387 g/mol. The second-order valence-corrected chi connectivity index (χ2v) is 6.61. The van der Waals surface area contributed by atoms with Crippen molar-refractivity contribution in [3.8, 4) is 6.07 Å². The van der Waals surface area contributed by atoms with Gasteiger partial charge in [-0.05, 0) is 31.2 Å². The van der Waals surface area contributed by atoms with Crippen LogP contribution in [0.1, 0.15) is 17.3 Å². The number of ether oxygens (including phenoxy) is 1. The normalized spacial score (nSPS) is 11.3. The van der Waals surface area contributed by atoms with Crippen LogP contribution in [0.4, 0.5) is 0 Å². The first-order chi connectivity index (χ1) is 12.4. The quantitative estimate of drug-likeness (QED) is 0.572. The molecule has 1 N–H and O–H groups in total. The van der Waals surface area contributed by atoms with E-state index in [9.17, 15) is 9.59 Å². The van der Waals surface area contributed by atoms with Gasteiger partial charge in [-0.2, -0.15) is 5.26 Å². The summed E-state index contributed by atoms with van der Waals surface area (Å²) in [5.74, 6) is -2.59. The number of hydrogen-bond acceptors (Lipinski definition) is 7. The van der Waals surface area contributed by atoms with Gasteiger partial charge in [0.05, 0.1) is 16.7 Å². The van der Waals surface area contributed by atoms with Crippen LogP contribution in [0.15, 0.2) is 52.5 Å². The van der Waals surface area contributed by atoms with E-state index in [0.29, 0.717) is 10.0 Å². The van der Waals surface area contributed by atoms with Crippen LogP contribution in [-0.2, 0) is 9.53 Å². The van der Waals surface area contributed by atoms with E-state index in [1.54, 1.807) is 30.3 Å². The van der Waals surface area contributed by atoms with E-state index in [1.165, 1.54) is 30.9 Å². The van der Waals surface area contributed by atoms with Crippen molar-refractivity contribution in [3.63, 3.8) is 0 Å². The van der Waals surface area contributed by atoms with Gasteiger partial charge in [0.1, 0.15) is 10.9 Å². The van der Waals surface area contributed by atoms with Crippen LogP contribution in [-0.4, -0.2) is 29.1 Å². The molecule has 1 unspecified atom stereocenters. The van der Waals surface area contributed by atoms with Crippen molar-refractivity contribution < 1.29 is 14.3 Å². The molecule has 1 atom stereocenters.